The van der Waals surface area contributed by atoms with E-state index in [-0.39, 0.29) is 16.4 Å². The Balaban J connectivity index is 1.72. The molecule has 1 fully saturated rings. The first-order chi connectivity index (χ1) is 12.8. The van der Waals surface area contributed by atoms with E-state index in [1.54, 1.807) is 24.3 Å². The maximum absolute atomic E-state index is 12.4. The van der Waals surface area contributed by atoms with Gasteiger partial charge in [0.25, 0.3) is 11.1 Å². The summed E-state index contributed by atoms with van der Waals surface area (Å²) in [6.07, 6.45) is 1.41. The predicted octanol–water partition coefficient (Wildman–Crippen LogP) is 3.54. The minimum atomic E-state index is -0.597. The van der Waals surface area contributed by atoms with Gasteiger partial charge in [-0.25, -0.2) is 0 Å². The molecule has 138 valence electrons. The third-order valence-electron chi connectivity index (χ3n) is 3.62. The number of benzene rings is 2. The van der Waals surface area contributed by atoms with Gasteiger partial charge in [-0.2, -0.15) is 0 Å². The summed E-state index contributed by atoms with van der Waals surface area (Å²) < 4.78 is 0.680. The Kier molecular flexibility index (Phi) is 5.52. The third kappa shape index (κ3) is 4.32. The Morgan fingerprint density at radius 1 is 1.15 bits per heavy atom. The molecule has 3 rings (SSSR count). The van der Waals surface area contributed by atoms with Crippen molar-refractivity contribution >= 4 is 56.5 Å². The minimum Gasteiger partial charge on any atom is -0.504 e. The highest BCUT2D eigenvalue weighted by Gasteiger charge is 2.36. The van der Waals surface area contributed by atoms with Gasteiger partial charge in [-0.05, 0) is 63.6 Å². The molecular weight excluding hydrogens is 436 g/mol. The summed E-state index contributed by atoms with van der Waals surface area (Å²) in [7, 11) is 0. The van der Waals surface area contributed by atoms with Crippen LogP contribution in [0.1, 0.15) is 5.56 Å². The van der Waals surface area contributed by atoms with Gasteiger partial charge in [-0.15, -0.1) is 0 Å². The van der Waals surface area contributed by atoms with Crippen molar-refractivity contribution in [2.75, 3.05) is 11.9 Å². The molecule has 0 atom stereocenters. The van der Waals surface area contributed by atoms with Crippen LogP contribution in [0, 0.1) is 0 Å². The second-order valence-corrected chi connectivity index (χ2v) is 7.39. The van der Waals surface area contributed by atoms with Crippen LogP contribution in [-0.4, -0.2) is 38.7 Å². The lowest BCUT2D eigenvalue weighted by atomic mass is 10.2. The van der Waals surface area contributed by atoms with Crippen LogP contribution in [-0.2, 0) is 9.59 Å². The average Bonchev–Trinajstić information content (AvgIpc) is 2.88. The number of imide groups is 1. The van der Waals surface area contributed by atoms with Gasteiger partial charge in [0, 0.05) is 4.47 Å². The number of thioether (sulfide) groups is 1. The van der Waals surface area contributed by atoms with Crippen molar-refractivity contribution in [3.63, 3.8) is 0 Å². The molecule has 1 aliphatic rings. The molecule has 0 radical (unpaired) electrons. The molecule has 0 bridgehead atoms. The fourth-order valence-electron chi connectivity index (χ4n) is 2.31. The molecule has 0 unspecified atom stereocenters. The first-order valence-corrected chi connectivity index (χ1v) is 9.28. The van der Waals surface area contributed by atoms with E-state index in [1.165, 1.54) is 24.3 Å². The maximum Gasteiger partial charge on any atom is 0.294 e. The minimum absolute atomic E-state index is 0.124. The van der Waals surface area contributed by atoms with E-state index in [4.69, 9.17) is 0 Å². The normalized spacial score (nSPS) is 15.4. The molecule has 0 aromatic heterocycles. The van der Waals surface area contributed by atoms with E-state index in [2.05, 4.69) is 21.2 Å². The van der Waals surface area contributed by atoms with Gasteiger partial charge in [0.05, 0.1) is 10.6 Å². The van der Waals surface area contributed by atoms with Gasteiger partial charge in [0.15, 0.2) is 11.5 Å². The predicted molar refractivity (Wildman–Crippen MR) is 105 cm³/mol. The molecule has 0 spiro atoms. The van der Waals surface area contributed by atoms with E-state index >= 15 is 0 Å². The number of phenols is 2. The molecule has 2 aromatic rings. The Labute approximate surface area is 166 Å². The maximum atomic E-state index is 12.4. The summed E-state index contributed by atoms with van der Waals surface area (Å²) in [6.45, 7) is -0.413. The van der Waals surface area contributed by atoms with Crippen LogP contribution < -0.4 is 5.32 Å². The van der Waals surface area contributed by atoms with Crippen LogP contribution in [0.25, 0.3) is 6.08 Å². The Hall–Kier alpha value is -2.78. The van der Waals surface area contributed by atoms with E-state index in [0.29, 0.717) is 27.5 Å². The molecule has 9 heteroatoms. The third-order valence-corrected chi connectivity index (χ3v) is 5.22. The van der Waals surface area contributed by atoms with Crippen molar-refractivity contribution < 1.29 is 24.6 Å². The summed E-state index contributed by atoms with van der Waals surface area (Å²) >= 11 is 4.01. The highest BCUT2D eigenvalue weighted by molar-refractivity contribution is 9.10. The van der Waals surface area contributed by atoms with E-state index in [9.17, 15) is 24.6 Å². The fraction of sp³-hybridized carbons (Fsp3) is 0.0556. The smallest absolute Gasteiger partial charge is 0.294 e. The number of rotatable bonds is 4. The number of carbonyl (C=O) groups is 3. The Morgan fingerprint density at radius 3 is 2.59 bits per heavy atom. The van der Waals surface area contributed by atoms with Gasteiger partial charge in [0.1, 0.15) is 6.54 Å². The number of nitrogens with one attached hydrogen (secondary N) is 1. The van der Waals surface area contributed by atoms with Gasteiger partial charge in [-0.1, -0.05) is 18.2 Å². The summed E-state index contributed by atoms with van der Waals surface area (Å²) in [5, 5.41) is 20.9. The van der Waals surface area contributed by atoms with Gasteiger partial charge < -0.3 is 15.5 Å². The molecule has 7 nitrogen and oxygen atoms in total. The number of carbonyl (C=O) groups excluding carboxylic acids is 3. The highest BCUT2D eigenvalue weighted by atomic mass is 79.9. The van der Waals surface area contributed by atoms with Crippen molar-refractivity contribution in [2.45, 2.75) is 0 Å². The second-order valence-electron chi connectivity index (χ2n) is 5.54. The number of nitrogens with zero attached hydrogens (tertiary/aromatic N) is 1. The zero-order chi connectivity index (χ0) is 19.6. The van der Waals surface area contributed by atoms with Gasteiger partial charge >= 0.3 is 0 Å². The molecule has 1 saturated heterocycles. The average molecular weight is 449 g/mol. The van der Waals surface area contributed by atoms with Crippen LogP contribution in [0.2, 0.25) is 0 Å². The second kappa shape index (κ2) is 7.85. The standard InChI is InChI=1S/C18H13BrN2O5S/c19-11-3-1-2-4-12(11)20-16(24)9-21-17(25)15(27-18(21)26)8-10-5-6-13(22)14(23)7-10/h1-8,22-23H,9H2,(H,20,24)/b15-8+. The topological polar surface area (TPSA) is 107 Å². The number of phenolic OH excluding ortho intramolecular Hbond substituents is 2. The number of aromatic hydroxyl groups is 2. The van der Waals surface area contributed by atoms with Crippen LogP contribution in [0.5, 0.6) is 11.5 Å². The van der Waals surface area contributed by atoms with Crippen LogP contribution in [0.15, 0.2) is 51.8 Å². The summed E-state index contributed by atoms with van der Waals surface area (Å²) in [5.41, 5.74) is 0.970. The quantitative estimate of drug-likeness (QED) is 0.487. The lowest BCUT2D eigenvalue weighted by Crippen LogP contribution is -2.36. The van der Waals surface area contributed by atoms with E-state index in [0.717, 1.165) is 4.90 Å². The Bertz CT molecular complexity index is 976. The highest BCUT2D eigenvalue weighted by Crippen LogP contribution is 2.33. The summed E-state index contributed by atoms with van der Waals surface area (Å²) in [4.78, 5) is 37.7. The van der Waals surface area contributed by atoms with E-state index in [1.807, 2.05) is 0 Å². The zero-order valence-corrected chi connectivity index (χ0v) is 16.1. The molecule has 3 amide bonds. The van der Waals surface area contributed by atoms with Crippen molar-refractivity contribution in [3.8, 4) is 11.5 Å². The number of hydrogen-bond donors (Lipinski definition) is 3. The van der Waals surface area contributed by atoms with Gasteiger partial charge in [-0.3, -0.25) is 19.3 Å². The number of para-hydroxylation sites is 1. The number of anilines is 1. The van der Waals surface area contributed by atoms with Crippen molar-refractivity contribution in [1.29, 1.82) is 0 Å². The molecule has 27 heavy (non-hydrogen) atoms. The molecule has 0 saturated carbocycles. The molecule has 0 aliphatic carbocycles. The monoisotopic (exact) mass is 448 g/mol. The first kappa shape index (κ1) is 19.0. The molecule has 1 aliphatic heterocycles. The van der Waals surface area contributed by atoms with Crippen LogP contribution in [0.3, 0.4) is 0 Å². The SMILES string of the molecule is O=C(CN1C(=O)S/C(=C/c2ccc(O)c(O)c2)C1=O)Nc1ccccc1Br. The molecule has 2 aromatic carbocycles. The lowest BCUT2D eigenvalue weighted by molar-refractivity contribution is -0.127. The van der Waals surface area contributed by atoms with Gasteiger partial charge in [0.2, 0.25) is 5.91 Å². The summed E-state index contributed by atoms with van der Waals surface area (Å²) in [5.74, 6) is -1.73. The number of halogens is 1. The Morgan fingerprint density at radius 2 is 1.89 bits per heavy atom. The zero-order valence-electron chi connectivity index (χ0n) is 13.7. The number of amides is 3. The summed E-state index contributed by atoms with van der Waals surface area (Å²) in [6, 6.07) is 11.0. The van der Waals surface area contributed by atoms with Crippen molar-refractivity contribution in [3.05, 3.63) is 57.4 Å². The van der Waals surface area contributed by atoms with E-state index < -0.39 is 23.6 Å². The fourth-order valence-corrected chi connectivity index (χ4v) is 3.54. The van der Waals surface area contributed by atoms with Crippen molar-refractivity contribution in [2.24, 2.45) is 0 Å². The first-order valence-electron chi connectivity index (χ1n) is 7.67. The van der Waals surface area contributed by atoms with Crippen LogP contribution >= 0.6 is 27.7 Å². The lowest BCUT2D eigenvalue weighted by Gasteiger charge is -2.13. The van der Waals surface area contributed by atoms with Crippen LogP contribution in [0.4, 0.5) is 10.5 Å². The van der Waals surface area contributed by atoms with Crippen molar-refractivity contribution in [1.82, 2.24) is 4.90 Å². The largest absolute Gasteiger partial charge is 0.504 e. The molecular formula is C18H13BrN2O5S. The molecule has 1 heterocycles. The number of hydrogen-bond acceptors (Lipinski definition) is 6. The molecule has 3 N–H and O–H groups in total.